The van der Waals surface area contributed by atoms with Gasteiger partial charge >= 0.3 is 6.18 Å². The Labute approximate surface area is 168 Å². The highest BCUT2D eigenvalue weighted by atomic mass is 19.4. The number of halogens is 3. The number of ether oxygens (including phenoxy) is 1. The van der Waals surface area contributed by atoms with Crippen LogP contribution in [0.1, 0.15) is 48.3 Å². The van der Waals surface area contributed by atoms with Crippen LogP contribution in [0.2, 0.25) is 0 Å². The lowest BCUT2D eigenvalue weighted by Gasteiger charge is -2.33. The van der Waals surface area contributed by atoms with Crippen LogP contribution in [0.25, 0.3) is 0 Å². The van der Waals surface area contributed by atoms with Crippen LogP contribution in [-0.4, -0.2) is 34.5 Å². The molecule has 1 unspecified atom stereocenters. The number of hydrogen-bond donors (Lipinski definition) is 1. The van der Waals surface area contributed by atoms with Crippen LogP contribution in [-0.2, 0) is 13.2 Å². The van der Waals surface area contributed by atoms with Gasteiger partial charge in [-0.05, 0) is 49.9 Å². The predicted molar refractivity (Wildman–Crippen MR) is 103 cm³/mol. The summed E-state index contributed by atoms with van der Waals surface area (Å²) in [6, 6.07) is 4.53. The Bertz CT molecular complexity index is 838. The van der Waals surface area contributed by atoms with Gasteiger partial charge in [-0.1, -0.05) is 26.0 Å². The minimum Gasteiger partial charge on any atom is -0.461 e. The maximum atomic E-state index is 12.8. The molecule has 0 bridgehead atoms. The second-order valence-corrected chi connectivity index (χ2v) is 7.80. The summed E-state index contributed by atoms with van der Waals surface area (Å²) < 4.78 is 46.0. The molecule has 29 heavy (non-hydrogen) atoms. The van der Waals surface area contributed by atoms with Crippen LogP contribution in [0.5, 0.6) is 6.01 Å². The first-order valence-electron chi connectivity index (χ1n) is 9.79. The van der Waals surface area contributed by atoms with E-state index in [-0.39, 0.29) is 23.3 Å². The van der Waals surface area contributed by atoms with Gasteiger partial charge in [0.05, 0.1) is 11.8 Å². The van der Waals surface area contributed by atoms with Gasteiger partial charge in [0.15, 0.2) is 0 Å². The van der Waals surface area contributed by atoms with Crippen LogP contribution in [0.4, 0.5) is 13.2 Å². The molecule has 0 radical (unpaired) electrons. The molecule has 2 aromatic rings. The number of carbonyl (C=O) groups is 1. The lowest BCUT2D eigenvalue weighted by atomic mass is 9.86. The molecule has 1 fully saturated rings. The highest BCUT2D eigenvalue weighted by molar-refractivity contribution is 6.07. The standard InChI is InChI=1S/C21H26F3N3O2/c1-13(2)19(15-8-10-25-11-9-15)29-20-26-12-17(27(20)3)18(28)14-4-6-16(7-5-14)21(22,23)24/h4-7,12-13,15,19,25H,8-11H2,1-3H3. The Balaban J connectivity index is 1.78. The van der Waals surface area contributed by atoms with Crippen molar-refractivity contribution in [2.24, 2.45) is 18.9 Å². The number of aromatic nitrogens is 2. The first-order chi connectivity index (χ1) is 13.7. The Morgan fingerprint density at radius 1 is 1.21 bits per heavy atom. The van der Waals surface area contributed by atoms with Gasteiger partial charge in [-0.15, -0.1) is 0 Å². The third-order valence-corrected chi connectivity index (χ3v) is 5.40. The highest BCUT2D eigenvalue weighted by Gasteiger charge is 2.31. The van der Waals surface area contributed by atoms with Crippen molar-refractivity contribution >= 4 is 5.78 Å². The fourth-order valence-electron chi connectivity index (χ4n) is 3.74. The van der Waals surface area contributed by atoms with Crippen LogP contribution in [0.3, 0.4) is 0 Å². The fraction of sp³-hybridized carbons (Fsp3) is 0.524. The van der Waals surface area contributed by atoms with Crippen molar-refractivity contribution in [3.05, 3.63) is 47.3 Å². The molecular weight excluding hydrogens is 383 g/mol. The zero-order valence-corrected chi connectivity index (χ0v) is 16.8. The van der Waals surface area contributed by atoms with Crippen LogP contribution >= 0.6 is 0 Å². The van der Waals surface area contributed by atoms with Gasteiger partial charge in [0, 0.05) is 12.6 Å². The smallest absolute Gasteiger partial charge is 0.416 e. The second-order valence-electron chi connectivity index (χ2n) is 7.80. The molecule has 1 N–H and O–H groups in total. The lowest BCUT2D eigenvalue weighted by Crippen LogP contribution is -2.40. The van der Waals surface area contributed by atoms with E-state index < -0.39 is 17.5 Å². The molecule has 1 saturated heterocycles. The molecular formula is C21H26F3N3O2. The molecule has 5 nitrogen and oxygen atoms in total. The van der Waals surface area contributed by atoms with E-state index in [1.54, 1.807) is 11.6 Å². The molecule has 1 atom stereocenters. The first kappa shape index (κ1) is 21.4. The molecule has 0 amide bonds. The number of imidazole rings is 1. The molecule has 0 spiro atoms. The molecule has 8 heteroatoms. The van der Waals surface area contributed by atoms with Crippen molar-refractivity contribution in [3.8, 4) is 6.01 Å². The minimum absolute atomic E-state index is 0.0211. The minimum atomic E-state index is -4.43. The summed E-state index contributed by atoms with van der Waals surface area (Å²) in [5, 5.41) is 3.34. The van der Waals surface area contributed by atoms with Gasteiger partial charge in [0.1, 0.15) is 11.8 Å². The predicted octanol–water partition coefficient (Wildman–Crippen LogP) is 4.07. The number of ketones is 1. The number of piperidine rings is 1. The zero-order valence-electron chi connectivity index (χ0n) is 16.8. The summed E-state index contributed by atoms with van der Waals surface area (Å²) in [6.45, 7) is 6.11. The number of hydrogen-bond acceptors (Lipinski definition) is 4. The van der Waals surface area contributed by atoms with Crippen molar-refractivity contribution in [1.82, 2.24) is 14.9 Å². The van der Waals surface area contributed by atoms with Gasteiger partial charge in [0.25, 0.3) is 6.01 Å². The molecule has 2 heterocycles. The van der Waals surface area contributed by atoms with Crippen molar-refractivity contribution in [2.45, 2.75) is 39.0 Å². The van der Waals surface area contributed by atoms with Gasteiger partial charge in [0.2, 0.25) is 5.78 Å². The molecule has 1 aliphatic heterocycles. The highest BCUT2D eigenvalue weighted by Crippen LogP contribution is 2.30. The normalized spacial score (nSPS) is 16.8. The molecule has 0 saturated carbocycles. The third kappa shape index (κ3) is 4.80. The SMILES string of the molecule is CC(C)C(Oc1ncc(C(=O)c2ccc(C(F)(F)F)cc2)n1C)C1CCNCC1. The van der Waals surface area contributed by atoms with Gasteiger partial charge in [-0.25, -0.2) is 4.98 Å². The topological polar surface area (TPSA) is 56.1 Å². The average molecular weight is 409 g/mol. The maximum absolute atomic E-state index is 12.8. The second kappa shape index (κ2) is 8.57. The Hall–Kier alpha value is -2.35. The first-order valence-corrected chi connectivity index (χ1v) is 9.79. The summed E-state index contributed by atoms with van der Waals surface area (Å²) in [6.07, 6.45) is -1.01. The van der Waals surface area contributed by atoms with Crippen LogP contribution in [0.15, 0.2) is 30.5 Å². The number of alkyl halides is 3. The number of benzene rings is 1. The van der Waals surface area contributed by atoms with E-state index in [9.17, 15) is 18.0 Å². The van der Waals surface area contributed by atoms with Crippen molar-refractivity contribution in [2.75, 3.05) is 13.1 Å². The molecule has 1 aromatic carbocycles. The molecule has 1 aliphatic rings. The summed E-state index contributed by atoms with van der Waals surface area (Å²) in [4.78, 5) is 17.0. The van der Waals surface area contributed by atoms with E-state index in [0.717, 1.165) is 38.1 Å². The van der Waals surface area contributed by atoms with E-state index in [0.29, 0.717) is 11.9 Å². The van der Waals surface area contributed by atoms with Crippen LogP contribution < -0.4 is 10.1 Å². The fourth-order valence-corrected chi connectivity index (χ4v) is 3.74. The van der Waals surface area contributed by atoms with E-state index in [1.807, 2.05) is 0 Å². The third-order valence-electron chi connectivity index (χ3n) is 5.40. The number of rotatable bonds is 6. The van der Waals surface area contributed by atoms with Crippen molar-refractivity contribution in [3.63, 3.8) is 0 Å². The van der Waals surface area contributed by atoms with Crippen molar-refractivity contribution in [1.29, 1.82) is 0 Å². The van der Waals surface area contributed by atoms with E-state index in [2.05, 4.69) is 24.1 Å². The van der Waals surface area contributed by atoms with E-state index >= 15 is 0 Å². The van der Waals surface area contributed by atoms with Gasteiger partial charge in [-0.3, -0.25) is 9.36 Å². The molecule has 0 aliphatic carbocycles. The summed E-state index contributed by atoms with van der Waals surface area (Å²) in [5.41, 5.74) is -0.344. The Morgan fingerprint density at radius 3 is 2.38 bits per heavy atom. The number of carbonyl (C=O) groups excluding carboxylic acids is 1. The largest absolute Gasteiger partial charge is 0.461 e. The Kier molecular flexibility index (Phi) is 6.31. The molecule has 3 rings (SSSR count). The van der Waals surface area contributed by atoms with Gasteiger partial charge in [-0.2, -0.15) is 13.2 Å². The average Bonchev–Trinajstić information content (AvgIpc) is 3.05. The van der Waals surface area contributed by atoms with Gasteiger partial charge < -0.3 is 10.1 Å². The van der Waals surface area contributed by atoms with E-state index in [4.69, 9.17) is 4.74 Å². The quantitative estimate of drug-likeness (QED) is 0.731. The summed E-state index contributed by atoms with van der Waals surface area (Å²) >= 11 is 0. The summed E-state index contributed by atoms with van der Waals surface area (Å²) in [7, 11) is 1.68. The van der Waals surface area contributed by atoms with E-state index in [1.165, 1.54) is 18.3 Å². The lowest BCUT2D eigenvalue weighted by molar-refractivity contribution is -0.137. The summed E-state index contributed by atoms with van der Waals surface area (Å²) in [5.74, 6) is 0.289. The number of nitrogens with one attached hydrogen (secondary N) is 1. The zero-order chi connectivity index (χ0) is 21.2. The molecule has 158 valence electrons. The number of nitrogens with zero attached hydrogens (tertiary/aromatic N) is 2. The van der Waals surface area contributed by atoms with Crippen LogP contribution in [0, 0.1) is 11.8 Å². The van der Waals surface area contributed by atoms with Crippen molar-refractivity contribution < 1.29 is 22.7 Å². The maximum Gasteiger partial charge on any atom is 0.416 e. The Morgan fingerprint density at radius 2 is 1.83 bits per heavy atom. The monoisotopic (exact) mass is 409 g/mol. The molecule has 1 aromatic heterocycles.